The van der Waals surface area contributed by atoms with Crippen LogP contribution < -0.4 is 0 Å². The van der Waals surface area contributed by atoms with E-state index in [9.17, 15) is 0 Å². The largest absolute Gasteiger partial charge is 0.0845 e. The first-order valence-corrected chi connectivity index (χ1v) is 5.37. The van der Waals surface area contributed by atoms with E-state index in [2.05, 4.69) is 36.5 Å². The zero-order valence-electron chi connectivity index (χ0n) is 8.34. The van der Waals surface area contributed by atoms with Gasteiger partial charge in [0.25, 0.3) is 0 Å². The van der Waals surface area contributed by atoms with Gasteiger partial charge in [0.15, 0.2) is 0 Å². The van der Waals surface area contributed by atoms with E-state index in [1.54, 1.807) is 0 Å². The molecule has 0 nitrogen and oxygen atoms in total. The highest BCUT2D eigenvalue weighted by molar-refractivity contribution is 5.02. The summed E-state index contributed by atoms with van der Waals surface area (Å²) in [5, 5.41) is 0. The lowest BCUT2D eigenvalue weighted by atomic mass is 10.1. The SMILES string of the molecule is [C]1=C/CCC/C=C\C=C\CCCC/1. The smallest absolute Gasteiger partial charge is 0.0279 e. The molecule has 0 aliphatic heterocycles. The van der Waals surface area contributed by atoms with Crippen LogP contribution in [-0.4, -0.2) is 0 Å². The van der Waals surface area contributed by atoms with Gasteiger partial charge in [0.05, 0.1) is 0 Å². The second-order valence-electron chi connectivity index (χ2n) is 3.44. The van der Waals surface area contributed by atoms with Crippen molar-refractivity contribution in [2.24, 2.45) is 0 Å². The summed E-state index contributed by atoms with van der Waals surface area (Å²) in [6.07, 6.45) is 23.0. The molecule has 0 heterocycles. The summed E-state index contributed by atoms with van der Waals surface area (Å²) in [5.74, 6) is 0. The van der Waals surface area contributed by atoms with Crippen LogP contribution in [0.2, 0.25) is 0 Å². The highest BCUT2D eigenvalue weighted by Gasteiger charge is 1.85. The molecule has 0 aromatic carbocycles. The van der Waals surface area contributed by atoms with Gasteiger partial charge in [-0.25, -0.2) is 0 Å². The Labute approximate surface area is 82.0 Å². The van der Waals surface area contributed by atoms with Gasteiger partial charge in [0, 0.05) is 0 Å². The zero-order valence-corrected chi connectivity index (χ0v) is 8.34. The third-order valence-electron chi connectivity index (χ3n) is 2.19. The maximum atomic E-state index is 3.35. The molecule has 0 N–H and O–H groups in total. The fourth-order valence-electron chi connectivity index (χ4n) is 1.38. The summed E-state index contributed by atoms with van der Waals surface area (Å²) in [6, 6.07) is 0. The van der Waals surface area contributed by atoms with Crippen molar-refractivity contribution in [3.63, 3.8) is 0 Å². The van der Waals surface area contributed by atoms with Gasteiger partial charge in [-0.1, -0.05) is 30.4 Å². The Hall–Kier alpha value is -0.780. The lowest BCUT2D eigenvalue weighted by Crippen LogP contribution is -1.73. The number of hydrogen-bond donors (Lipinski definition) is 0. The van der Waals surface area contributed by atoms with E-state index in [-0.39, 0.29) is 0 Å². The van der Waals surface area contributed by atoms with E-state index in [1.807, 2.05) is 0 Å². The standard InChI is InChI=1S/C13H19/c1-2-4-6-8-10-12-13-11-9-7-5-3-1/h1-4,11H,5-10,12H2/b3-1-,4-2+,13-11?. The predicted octanol–water partition coefficient (Wildman–Crippen LogP) is 4.20. The third kappa shape index (κ3) is 6.39. The molecule has 13 heavy (non-hydrogen) atoms. The highest BCUT2D eigenvalue weighted by atomic mass is 13.9. The molecule has 0 spiro atoms. The average Bonchev–Trinajstić information content (AvgIpc) is 2.18. The molecular formula is C13H19. The molecule has 0 unspecified atom stereocenters. The summed E-state index contributed by atoms with van der Waals surface area (Å²) in [6.45, 7) is 0. The molecule has 1 radical (unpaired) electrons. The van der Waals surface area contributed by atoms with Gasteiger partial charge in [0.2, 0.25) is 0 Å². The fourth-order valence-corrected chi connectivity index (χ4v) is 1.38. The van der Waals surface area contributed by atoms with Crippen LogP contribution in [0.4, 0.5) is 0 Å². The van der Waals surface area contributed by atoms with Crippen LogP contribution in [0, 0.1) is 6.08 Å². The molecule has 0 atom stereocenters. The average molecular weight is 175 g/mol. The van der Waals surface area contributed by atoms with E-state index in [4.69, 9.17) is 0 Å². The van der Waals surface area contributed by atoms with Crippen LogP contribution >= 0.6 is 0 Å². The van der Waals surface area contributed by atoms with Gasteiger partial charge < -0.3 is 0 Å². The van der Waals surface area contributed by atoms with Crippen LogP contribution in [-0.2, 0) is 0 Å². The van der Waals surface area contributed by atoms with Crippen LogP contribution in [0.15, 0.2) is 30.4 Å². The van der Waals surface area contributed by atoms with Gasteiger partial charge in [-0.3, -0.25) is 0 Å². The molecule has 0 aromatic rings. The second-order valence-corrected chi connectivity index (χ2v) is 3.44. The predicted molar refractivity (Wildman–Crippen MR) is 58.4 cm³/mol. The molecule has 1 aliphatic rings. The van der Waals surface area contributed by atoms with Crippen LogP contribution in [0.1, 0.15) is 44.9 Å². The monoisotopic (exact) mass is 175 g/mol. The lowest BCUT2D eigenvalue weighted by Gasteiger charge is -1.91. The van der Waals surface area contributed by atoms with Gasteiger partial charge in [-0.2, -0.15) is 0 Å². The minimum atomic E-state index is 1.14. The zero-order chi connectivity index (χ0) is 9.19. The summed E-state index contributed by atoms with van der Waals surface area (Å²) in [5.41, 5.74) is 0. The van der Waals surface area contributed by atoms with Crippen molar-refractivity contribution in [3.8, 4) is 0 Å². The Bertz CT molecular complexity index is 184. The second kappa shape index (κ2) is 7.85. The Morgan fingerprint density at radius 2 is 1.54 bits per heavy atom. The van der Waals surface area contributed by atoms with Gasteiger partial charge in [-0.05, 0) is 51.0 Å². The molecule has 71 valence electrons. The Kier molecular flexibility index (Phi) is 6.22. The number of hydrogen-bond acceptors (Lipinski definition) is 0. The molecule has 0 fully saturated rings. The highest BCUT2D eigenvalue weighted by Crippen LogP contribution is 2.04. The Morgan fingerprint density at radius 1 is 0.769 bits per heavy atom. The van der Waals surface area contributed by atoms with Gasteiger partial charge in [0.1, 0.15) is 0 Å². The van der Waals surface area contributed by atoms with Crippen molar-refractivity contribution >= 4 is 0 Å². The first kappa shape index (κ1) is 10.3. The summed E-state index contributed by atoms with van der Waals surface area (Å²) >= 11 is 0. The van der Waals surface area contributed by atoms with Gasteiger partial charge >= 0.3 is 0 Å². The van der Waals surface area contributed by atoms with Crippen molar-refractivity contribution in [3.05, 3.63) is 36.5 Å². The number of allylic oxidation sites excluding steroid dienone is 6. The first-order chi connectivity index (χ1) is 6.50. The van der Waals surface area contributed by atoms with E-state index < -0.39 is 0 Å². The maximum Gasteiger partial charge on any atom is -0.0279 e. The van der Waals surface area contributed by atoms with Gasteiger partial charge in [-0.15, -0.1) is 0 Å². The minimum Gasteiger partial charge on any atom is -0.0845 e. The van der Waals surface area contributed by atoms with Crippen LogP contribution in [0.25, 0.3) is 0 Å². The first-order valence-electron chi connectivity index (χ1n) is 5.37. The summed E-state index contributed by atoms with van der Waals surface area (Å²) in [4.78, 5) is 0. The molecule has 1 rings (SSSR count). The minimum absolute atomic E-state index is 1.14. The molecule has 1 aliphatic carbocycles. The normalized spacial score (nSPS) is 27.7. The molecule has 0 aromatic heterocycles. The molecule has 0 saturated heterocycles. The lowest BCUT2D eigenvalue weighted by molar-refractivity contribution is 0.750. The maximum absolute atomic E-state index is 3.35. The Balaban J connectivity index is 2.28. The van der Waals surface area contributed by atoms with Crippen molar-refractivity contribution < 1.29 is 0 Å². The van der Waals surface area contributed by atoms with Crippen LogP contribution in [0.5, 0.6) is 0 Å². The van der Waals surface area contributed by atoms with Crippen molar-refractivity contribution in [1.82, 2.24) is 0 Å². The Morgan fingerprint density at radius 3 is 2.38 bits per heavy atom. The van der Waals surface area contributed by atoms with E-state index >= 15 is 0 Å². The molecule has 0 saturated carbocycles. The molecule has 0 bridgehead atoms. The van der Waals surface area contributed by atoms with Crippen molar-refractivity contribution in [2.45, 2.75) is 44.9 Å². The fraction of sp³-hybridized carbons (Fsp3) is 0.538. The van der Waals surface area contributed by atoms with Crippen molar-refractivity contribution in [1.29, 1.82) is 0 Å². The molecule has 0 amide bonds. The number of rotatable bonds is 0. The van der Waals surface area contributed by atoms with E-state index in [0.29, 0.717) is 0 Å². The quantitative estimate of drug-likeness (QED) is 0.517. The summed E-state index contributed by atoms with van der Waals surface area (Å²) < 4.78 is 0. The topological polar surface area (TPSA) is 0 Å². The van der Waals surface area contributed by atoms with Crippen LogP contribution in [0.3, 0.4) is 0 Å². The van der Waals surface area contributed by atoms with Crippen molar-refractivity contribution in [2.75, 3.05) is 0 Å². The molecule has 0 heteroatoms. The third-order valence-corrected chi connectivity index (χ3v) is 2.19. The van der Waals surface area contributed by atoms with E-state index in [1.165, 1.54) is 38.5 Å². The van der Waals surface area contributed by atoms with E-state index in [0.717, 1.165) is 6.42 Å². The molecular weight excluding hydrogens is 156 g/mol. The summed E-state index contributed by atoms with van der Waals surface area (Å²) in [7, 11) is 0.